The van der Waals surface area contributed by atoms with Crippen LogP contribution in [0.15, 0.2) is 6.20 Å². The van der Waals surface area contributed by atoms with Crippen molar-refractivity contribution in [2.24, 2.45) is 18.9 Å². The number of hydrogen-bond donors (Lipinski definition) is 1. The van der Waals surface area contributed by atoms with Crippen LogP contribution < -0.4 is 5.32 Å². The molecule has 14 heavy (non-hydrogen) atoms. The second kappa shape index (κ2) is 5.10. The first-order valence-electron chi connectivity index (χ1n) is 5.15. The van der Waals surface area contributed by atoms with Gasteiger partial charge in [-0.2, -0.15) is 0 Å². The van der Waals surface area contributed by atoms with Crippen molar-refractivity contribution in [1.29, 1.82) is 0 Å². The molecule has 1 N–H and O–H groups in total. The van der Waals surface area contributed by atoms with Crippen molar-refractivity contribution in [3.05, 3.63) is 11.9 Å². The van der Waals surface area contributed by atoms with Crippen LogP contribution in [0.4, 0.5) is 0 Å². The van der Waals surface area contributed by atoms with Gasteiger partial charge in [0.05, 0.1) is 11.9 Å². The van der Waals surface area contributed by atoms with E-state index in [4.69, 9.17) is 0 Å². The predicted octanol–water partition coefficient (Wildman–Crippen LogP) is 1.20. The van der Waals surface area contributed by atoms with Gasteiger partial charge in [0, 0.05) is 13.6 Å². The van der Waals surface area contributed by atoms with Crippen LogP contribution >= 0.6 is 0 Å². The van der Waals surface area contributed by atoms with Crippen molar-refractivity contribution in [2.45, 2.75) is 27.3 Å². The summed E-state index contributed by atoms with van der Waals surface area (Å²) in [5.41, 5.74) is 1.13. The van der Waals surface area contributed by atoms with Crippen molar-refractivity contribution >= 4 is 0 Å². The molecule has 0 fully saturated rings. The quantitative estimate of drug-likeness (QED) is 0.769. The van der Waals surface area contributed by atoms with E-state index >= 15 is 0 Å². The van der Waals surface area contributed by atoms with Crippen molar-refractivity contribution in [1.82, 2.24) is 20.3 Å². The third kappa shape index (κ3) is 3.10. The van der Waals surface area contributed by atoms with Gasteiger partial charge in [0.2, 0.25) is 0 Å². The summed E-state index contributed by atoms with van der Waals surface area (Å²) in [6.07, 6.45) is 1.80. The van der Waals surface area contributed by atoms with Crippen molar-refractivity contribution in [3.63, 3.8) is 0 Å². The summed E-state index contributed by atoms with van der Waals surface area (Å²) in [5, 5.41) is 11.1. The smallest absolute Gasteiger partial charge is 0.0738 e. The zero-order valence-corrected chi connectivity index (χ0v) is 9.49. The highest BCUT2D eigenvalue weighted by Crippen LogP contribution is 2.07. The summed E-state index contributed by atoms with van der Waals surface area (Å²) in [5.74, 6) is 1.43. The summed E-state index contributed by atoms with van der Waals surface area (Å²) in [4.78, 5) is 0. The van der Waals surface area contributed by atoms with Gasteiger partial charge in [0.25, 0.3) is 0 Å². The number of nitrogens with one attached hydrogen (secondary N) is 1. The normalized spacial score (nSPS) is 13.5. The van der Waals surface area contributed by atoms with Gasteiger partial charge in [0.15, 0.2) is 0 Å². The largest absolute Gasteiger partial charge is 0.311 e. The Bertz CT molecular complexity index is 267. The average molecular weight is 196 g/mol. The summed E-state index contributed by atoms with van der Waals surface area (Å²) < 4.78 is 1.80. The van der Waals surface area contributed by atoms with E-state index < -0.39 is 0 Å². The first kappa shape index (κ1) is 11.2. The molecule has 1 unspecified atom stereocenters. The van der Waals surface area contributed by atoms with Gasteiger partial charge in [-0.3, -0.25) is 4.68 Å². The van der Waals surface area contributed by atoms with E-state index in [9.17, 15) is 0 Å². The molecule has 0 aliphatic heterocycles. The molecule has 0 spiro atoms. The molecular formula is C10H20N4. The standard InChI is InChI=1S/C10H20N4/c1-8(2)9(3)5-11-6-10-7-12-13-14(10)4/h7-9,11H,5-6H2,1-4H3. The Morgan fingerprint density at radius 3 is 2.64 bits per heavy atom. The minimum Gasteiger partial charge on any atom is -0.311 e. The summed E-state index contributed by atoms with van der Waals surface area (Å²) >= 11 is 0. The molecule has 0 amide bonds. The van der Waals surface area contributed by atoms with Gasteiger partial charge >= 0.3 is 0 Å². The molecule has 80 valence electrons. The molecule has 1 atom stereocenters. The van der Waals surface area contributed by atoms with E-state index in [0.717, 1.165) is 24.7 Å². The first-order chi connectivity index (χ1) is 6.61. The fourth-order valence-electron chi connectivity index (χ4n) is 1.13. The van der Waals surface area contributed by atoms with Crippen LogP contribution in [-0.4, -0.2) is 21.5 Å². The highest BCUT2D eigenvalue weighted by atomic mass is 15.4. The minimum absolute atomic E-state index is 0.705. The lowest BCUT2D eigenvalue weighted by Crippen LogP contribution is -2.24. The van der Waals surface area contributed by atoms with Gasteiger partial charge < -0.3 is 5.32 Å². The zero-order valence-electron chi connectivity index (χ0n) is 9.49. The second-order valence-corrected chi connectivity index (χ2v) is 4.20. The SMILES string of the molecule is CC(C)C(C)CNCc1cnnn1C. The van der Waals surface area contributed by atoms with E-state index in [0.29, 0.717) is 5.92 Å². The zero-order chi connectivity index (χ0) is 10.6. The second-order valence-electron chi connectivity index (χ2n) is 4.20. The van der Waals surface area contributed by atoms with Gasteiger partial charge in [0.1, 0.15) is 0 Å². The minimum atomic E-state index is 0.705. The maximum absolute atomic E-state index is 3.88. The van der Waals surface area contributed by atoms with E-state index in [1.807, 2.05) is 7.05 Å². The summed E-state index contributed by atoms with van der Waals surface area (Å²) in [6.45, 7) is 8.65. The van der Waals surface area contributed by atoms with Gasteiger partial charge in [-0.05, 0) is 18.4 Å². The highest BCUT2D eigenvalue weighted by Gasteiger charge is 2.06. The van der Waals surface area contributed by atoms with Crippen LogP contribution in [-0.2, 0) is 13.6 Å². The van der Waals surface area contributed by atoms with Gasteiger partial charge in [-0.25, -0.2) is 0 Å². The molecule has 4 nitrogen and oxygen atoms in total. The van der Waals surface area contributed by atoms with E-state index in [-0.39, 0.29) is 0 Å². The molecule has 1 rings (SSSR count). The number of aryl methyl sites for hydroxylation is 1. The molecule has 1 aromatic rings. The first-order valence-corrected chi connectivity index (χ1v) is 5.15. The Labute approximate surface area is 85.7 Å². The van der Waals surface area contributed by atoms with Crippen LogP contribution in [0.25, 0.3) is 0 Å². The predicted molar refractivity (Wildman–Crippen MR) is 56.7 cm³/mol. The third-order valence-electron chi connectivity index (χ3n) is 2.72. The summed E-state index contributed by atoms with van der Waals surface area (Å²) in [7, 11) is 1.91. The van der Waals surface area contributed by atoms with Crippen LogP contribution in [0.3, 0.4) is 0 Å². The molecule has 0 bridgehead atoms. The Morgan fingerprint density at radius 2 is 2.14 bits per heavy atom. The molecule has 1 aromatic heterocycles. The topological polar surface area (TPSA) is 42.7 Å². The van der Waals surface area contributed by atoms with Gasteiger partial charge in [-0.1, -0.05) is 26.0 Å². The third-order valence-corrected chi connectivity index (χ3v) is 2.72. The maximum Gasteiger partial charge on any atom is 0.0738 e. The molecule has 0 saturated heterocycles. The van der Waals surface area contributed by atoms with Gasteiger partial charge in [-0.15, -0.1) is 5.10 Å². The lowest BCUT2D eigenvalue weighted by atomic mass is 9.98. The molecule has 0 aliphatic carbocycles. The average Bonchev–Trinajstić information content (AvgIpc) is 2.51. The number of rotatable bonds is 5. The van der Waals surface area contributed by atoms with Crippen LogP contribution in [0.2, 0.25) is 0 Å². The lowest BCUT2D eigenvalue weighted by Gasteiger charge is -2.15. The van der Waals surface area contributed by atoms with Crippen molar-refractivity contribution < 1.29 is 0 Å². The molecule has 0 radical (unpaired) electrons. The molecule has 0 aliphatic rings. The number of aromatic nitrogens is 3. The fourth-order valence-corrected chi connectivity index (χ4v) is 1.13. The van der Waals surface area contributed by atoms with Crippen LogP contribution in [0.1, 0.15) is 26.5 Å². The van der Waals surface area contributed by atoms with E-state index in [1.165, 1.54) is 0 Å². The Morgan fingerprint density at radius 1 is 1.43 bits per heavy atom. The monoisotopic (exact) mass is 196 g/mol. The molecule has 0 aromatic carbocycles. The molecular weight excluding hydrogens is 176 g/mol. The highest BCUT2D eigenvalue weighted by molar-refractivity contribution is 4.92. The van der Waals surface area contributed by atoms with E-state index in [1.54, 1.807) is 10.9 Å². The van der Waals surface area contributed by atoms with Crippen molar-refractivity contribution in [3.8, 4) is 0 Å². The number of nitrogens with zero attached hydrogens (tertiary/aromatic N) is 3. The molecule has 4 heteroatoms. The summed E-state index contributed by atoms with van der Waals surface area (Å²) in [6, 6.07) is 0. The Kier molecular flexibility index (Phi) is 4.07. The maximum atomic E-state index is 3.88. The van der Waals surface area contributed by atoms with Crippen molar-refractivity contribution in [2.75, 3.05) is 6.54 Å². The lowest BCUT2D eigenvalue weighted by molar-refractivity contribution is 0.390. The van der Waals surface area contributed by atoms with Crippen LogP contribution in [0.5, 0.6) is 0 Å². The van der Waals surface area contributed by atoms with E-state index in [2.05, 4.69) is 36.4 Å². The molecule has 1 heterocycles. The molecule has 0 saturated carbocycles. The Hall–Kier alpha value is -0.900. The fraction of sp³-hybridized carbons (Fsp3) is 0.800. The van der Waals surface area contributed by atoms with Crippen LogP contribution in [0, 0.1) is 11.8 Å². The Balaban J connectivity index is 2.25. The number of hydrogen-bond acceptors (Lipinski definition) is 3.